The van der Waals surface area contributed by atoms with Crippen LogP contribution in [-0.4, -0.2) is 6.54 Å². The molecule has 0 spiro atoms. The monoisotopic (exact) mass is 337 g/mol. The Morgan fingerprint density at radius 1 is 1.04 bits per heavy atom. The first-order valence-electron chi connectivity index (χ1n) is 8.26. The normalized spacial score (nSPS) is 12.1. The third-order valence-corrected chi connectivity index (χ3v) is 5.31. The fourth-order valence-electron chi connectivity index (χ4n) is 2.77. The van der Waals surface area contributed by atoms with E-state index in [1.807, 2.05) is 35.6 Å². The molecule has 3 aromatic rings. The highest BCUT2D eigenvalue weighted by atomic mass is 32.1. The molecular formula is C21H23NOS. The third-order valence-electron chi connectivity index (χ3n) is 4.26. The Labute approximate surface area is 147 Å². The van der Waals surface area contributed by atoms with Crippen molar-refractivity contribution >= 4 is 11.3 Å². The fraction of sp³-hybridized carbons (Fsp3) is 0.238. The molecule has 0 amide bonds. The molecule has 3 heteroatoms. The molecule has 0 fully saturated rings. The molecule has 0 aliphatic carbocycles. The number of aryl methyl sites for hydroxylation is 1. The number of thiophene rings is 1. The molecule has 0 aliphatic heterocycles. The molecule has 2 aromatic carbocycles. The Morgan fingerprint density at radius 3 is 2.58 bits per heavy atom. The molecule has 0 saturated carbocycles. The minimum absolute atomic E-state index is 0.322. The zero-order chi connectivity index (χ0) is 16.8. The summed E-state index contributed by atoms with van der Waals surface area (Å²) >= 11 is 1.81. The van der Waals surface area contributed by atoms with Crippen LogP contribution in [0, 0.1) is 6.92 Å². The highest BCUT2D eigenvalue weighted by Crippen LogP contribution is 2.27. The molecule has 0 radical (unpaired) electrons. The van der Waals surface area contributed by atoms with Gasteiger partial charge in [-0.1, -0.05) is 42.5 Å². The van der Waals surface area contributed by atoms with Crippen LogP contribution in [0.1, 0.15) is 27.5 Å². The standard InChI is InChI=1S/C21H23NOS/c1-16-10-11-24-21(16)13-19(14-22)18-8-5-9-20(12-18)23-15-17-6-3-2-4-7-17/h2-12,19H,13-15,22H2,1H3. The summed E-state index contributed by atoms with van der Waals surface area (Å²) in [6.45, 7) is 3.39. The SMILES string of the molecule is Cc1ccsc1CC(CN)c1cccc(OCc2ccccc2)c1. The van der Waals surface area contributed by atoms with Crippen molar-refractivity contribution in [1.82, 2.24) is 0 Å². The first-order chi connectivity index (χ1) is 11.8. The van der Waals surface area contributed by atoms with Crippen LogP contribution in [0.4, 0.5) is 0 Å². The predicted octanol–water partition coefficient (Wildman–Crippen LogP) is 4.92. The number of hydrogen-bond donors (Lipinski definition) is 1. The van der Waals surface area contributed by atoms with E-state index in [1.165, 1.54) is 21.6 Å². The second-order valence-electron chi connectivity index (χ2n) is 6.01. The molecule has 2 N–H and O–H groups in total. The minimum Gasteiger partial charge on any atom is -0.489 e. The van der Waals surface area contributed by atoms with Gasteiger partial charge in [0.05, 0.1) is 0 Å². The highest BCUT2D eigenvalue weighted by Gasteiger charge is 2.13. The van der Waals surface area contributed by atoms with Crippen LogP contribution in [0.2, 0.25) is 0 Å². The minimum atomic E-state index is 0.322. The number of nitrogens with two attached hydrogens (primary N) is 1. The van der Waals surface area contributed by atoms with E-state index in [0.29, 0.717) is 19.1 Å². The van der Waals surface area contributed by atoms with Gasteiger partial charge in [-0.05, 0) is 60.2 Å². The van der Waals surface area contributed by atoms with Gasteiger partial charge in [-0.15, -0.1) is 11.3 Å². The average Bonchev–Trinajstić information content (AvgIpc) is 3.04. The van der Waals surface area contributed by atoms with Crippen LogP contribution in [-0.2, 0) is 13.0 Å². The molecule has 2 nitrogen and oxygen atoms in total. The molecule has 1 unspecified atom stereocenters. The largest absolute Gasteiger partial charge is 0.489 e. The van der Waals surface area contributed by atoms with Crippen molar-refractivity contribution in [3.63, 3.8) is 0 Å². The number of ether oxygens (including phenoxy) is 1. The van der Waals surface area contributed by atoms with Crippen LogP contribution in [0.15, 0.2) is 66.0 Å². The van der Waals surface area contributed by atoms with Crippen molar-refractivity contribution < 1.29 is 4.74 Å². The summed E-state index contributed by atoms with van der Waals surface area (Å²) in [7, 11) is 0. The van der Waals surface area contributed by atoms with Gasteiger partial charge >= 0.3 is 0 Å². The van der Waals surface area contributed by atoms with E-state index in [2.05, 4.69) is 48.7 Å². The smallest absolute Gasteiger partial charge is 0.120 e. The summed E-state index contributed by atoms with van der Waals surface area (Å²) in [5.74, 6) is 1.22. The maximum atomic E-state index is 6.05. The zero-order valence-electron chi connectivity index (χ0n) is 13.9. The lowest BCUT2D eigenvalue weighted by Gasteiger charge is -2.16. The van der Waals surface area contributed by atoms with Gasteiger partial charge < -0.3 is 10.5 Å². The van der Waals surface area contributed by atoms with E-state index in [1.54, 1.807) is 0 Å². The second kappa shape index (κ2) is 8.13. The molecule has 1 heterocycles. The lowest BCUT2D eigenvalue weighted by atomic mass is 9.94. The molecule has 3 rings (SSSR count). The van der Waals surface area contributed by atoms with E-state index >= 15 is 0 Å². The van der Waals surface area contributed by atoms with Gasteiger partial charge in [0.2, 0.25) is 0 Å². The van der Waals surface area contributed by atoms with Crippen LogP contribution in [0.25, 0.3) is 0 Å². The summed E-state index contributed by atoms with van der Waals surface area (Å²) in [6, 6.07) is 20.7. The molecule has 0 bridgehead atoms. The van der Waals surface area contributed by atoms with Gasteiger partial charge in [-0.2, -0.15) is 0 Å². The van der Waals surface area contributed by atoms with Gasteiger partial charge in [0.15, 0.2) is 0 Å². The highest BCUT2D eigenvalue weighted by molar-refractivity contribution is 7.10. The third kappa shape index (κ3) is 4.25. The Kier molecular flexibility index (Phi) is 5.68. The molecule has 0 aliphatic rings. The number of benzene rings is 2. The zero-order valence-corrected chi connectivity index (χ0v) is 14.8. The van der Waals surface area contributed by atoms with Crippen molar-refractivity contribution in [3.05, 3.63) is 87.6 Å². The Bertz CT molecular complexity index is 766. The topological polar surface area (TPSA) is 35.2 Å². The molecule has 124 valence electrons. The quantitative estimate of drug-likeness (QED) is 0.664. The lowest BCUT2D eigenvalue weighted by Crippen LogP contribution is -2.15. The van der Waals surface area contributed by atoms with Crippen molar-refractivity contribution in [2.45, 2.75) is 25.9 Å². The van der Waals surface area contributed by atoms with Crippen molar-refractivity contribution in [2.24, 2.45) is 5.73 Å². The summed E-state index contributed by atoms with van der Waals surface area (Å²) in [6.07, 6.45) is 0.988. The molecule has 1 atom stereocenters. The van der Waals surface area contributed by atoms with Gasteiger partial charge in [-0.25, -0.2) is 0 Å². The van der Waals surface area contributed by atoms with Crippen LogP contribution in [0.5, 0.6) is 5.75 Å². The second-order valence-corrected chi connectivity index (χ2v) is 7.01. The maximum Gasteiger partial charge on any atom is 0.120 e. The van der Waals surface area contributed by atoms with Gasteiger partial charge in [0.25, 0.3) is 0 Å². The van der Waals surface area contributed by atoms with Gasteiger partial charge in [0.1, 0.15) is 12.4 Å². The Hall–Kier alpha value is -2.10. The molecule has 1 aromatic heterocycles. The van der Waals surface area contributed by atoms with Crippen molar-refractivity contribution in [2.75, 3.05) is 6.54 Å². The Morgan fingerprint density at radius 2 is 1.88 bits per heavy atom. The molecule has 24 heavy (non-hydrogen) atoms. The van der Waals surface area contributed by atoms with E-state index in [-0.39, 0.29) is 0 Å². The Balaban J connectivity index is 1.70. The van der Waals surface area contributed by atoms with E-state index in [0.717, 1.165) is 12.2 Å². The van der Waals surface area contributed by atoms with E-state index < -0.39 is 0 Å². The molecule has 0 saturated heterocycles. The van der Waals surface area contributed by atoms with Crippen LogP contribution >= 0.6 is 11.3 Å². The molecular weight excluding hydrogens is 314 g/mol. The van der Waals surface area contributed by atoms with Crippen LogP contribution in [0.3, 0.4) is 0 Å². The van der Waals surface area contributed by atoms with E-state index in [4.69, 9.17) is 10.5 Å². The predicted molar refractivity (Wildman–Crippen MR) is 102 cm³/mol. The summed E-state index contributed by atoms with van der Waals surface area (Å²) < 4.78 is 5.95. The maximum absolute atomic E-state index is 6.05. The summed E-state index contributed by atoms with van der Waals surface area (Å²) in [5, 5.41) is 2.15. The first-order valence-corrected chi connectivity index (χ1v) is 9.14. The van der Waals surface area contributed by atoms with Gasteiger partial charge in [0, 0.05) is 10.8 Å². The van der Waals surface area contributed by atoms with Crippen LogP contribution < -0.4 is 10.5 Å². The van der Waals surface area contributed by atoms with Crippen molar-refractivity contribution in [3.8, 4) is 5.75 Å². The summed E-state index contributed by atoms with van der Waals surface area (Å²) in [4.78, 5) is 1.42. The van der Waals surface area contributed by atoms with Gasteiger partial charge in [-0.3, -0.25) is 0 Å². The summed E-state index contributed by atoms with van der Waals surface area (Å²) in [5.41, 5.74) is 9.83. The van der Waals surface area contributed by atoms with E-state index in [9.17, 15) is 0 Å². The fourth-order valence-corrected chi connectivity index (χ4v) is 3.76. The van der Waals surface area contributed by atoms with Crippen molar-refractivity contribution in [1.29, 1.82) is 0 Å². The number of rotatable bonds is 7. The number of hydrogen-bond acceptors (Lipinski definition) is 3. The average molecular weight is 337 g/mol. The first kappa shape index (κ1) is 16.7. The lowest BCUT2D eigenvalue weighted by molar-refractivity contribution is 0.305.